The fourth-order valence-corrected chi connectivity index (χ4v) is 14.7. The molecule has 0 fully saturated rings. The van der Waals surface area contributed by atoms with Crippen LogP contribution in [0.15, 0.2) is 437 Å². The second-order valence-electron chi connectivity index (χ2n) is 33.2. The molecule has 23 nitrogen and oxygen atoms in total. The lowest BCUT2D eigenvalue weighted by Gasteiger charge is -2.06. The van der Waals surface area contributed by atoms with Crippen LogP contribution in [0.1, 0.15) is 197 Å². The molecule has 708 valence electrons. The van der Waals surface area contributed by atoms with E-state index in [0.717, 1.165) is 5.56 Å². The van der Waals surface area contributed by atoms with Crippen molar-refractivity contribution in [1.82, 2.24) is 0 Å². The van der Waals surface area contributed by atoms with Crippen LogP contribution in [0.5, 0.6) is 0 Å². The molecule has 0 spiro atoms. The highest BCUT2D eigenvalue weighted by molar-refractivity contribution is 6.18. The number of carbonyl (C=O) groups is 12. The van der Waals surface area contributed by atoms with Crippen molar-refractivity contribution in [3.8, 4) is 0 Å². The fraction of sp³-hybridized carbons (Fsp3) is 0.00826. The zero-order valence-corrected chi connectivity index (χ0v) is 77.8. The first-order valence-electron chi connectivity index (χ1n) is 44.9. The standard InChI is InChI=1S/C21H17NO2.5C20H16N2O2/c1-14-2-4-15(5-3-14)20(23)16-6-8-17(9-7-16)21(24)18-10-12-19(22)13-11-18;21-17-8-2-6-15(11-17)19(23)13-4-1-5-14(10-13)20(24)16-7-3-9-18(22)12-16;21-17-5-1-3-15(11-17)19(23)13-7-9-14(10-8-13)20(24)16-4-2-6-18(22)12-16;21-17-9-7-13(8-10-17)19(23)14-3-1-4-15(11-14)20(24)16-5-2-6-18(22)12-16;21-17-8-4-13(5-9-17)19(23)15-2-1-3-16(12-15)20(24)14-6-10-18(22)11-7-14;21-17-10-8-15(9-11-17)19(23)13-4-6-14(7-5-13)20(24)16-2-1-3-18(22)12-16/h2-13H,22H2,1H3;5*1-12H,21-22H2. The van der Waals surface area contributed by atoms with Gasteiger partial charge in [-0.15, -0.1) is 0 Å². The van der Waals surface area contributed by atoms with E-state index in [9.17, 15) is 57.5 Å². The van der Waals surface area contributed by atoms with Crippen molar-refractivity contribution in [2.24, 2.45) is 0 Å². The Hall–Kier alpha value is -20.2. The Morgan fingerprint density at radius 1 is 0.111 bits per heavy atom. The molecule has 23 heteroatoms. The summed E-state index contributed by atoms with van der Waals surface area (Å²) in [6, 6.07) is 122. The molecule has 18 rings (SSSR count). The van der Waals surface area contributed by atoms with Crippen molar-refractivity contribution in [3.05, 3.63) is 576 Å². The molecule has 0 aliphatic heterocycles. The van der Waals surface area contributed by atoms with Crippen molar-refractivity contribution in [3.63, 3.8) is 0 Å². The first kappa shape index (κ1) is 101. The maximum absolute atomic E-state index is 12.6. The van der Waals surface area contributed by atoms with Crippen LogP contribution in [0.2, 0.25) is 0 Å². The number of carbonyl (C=O) groups excluding carboxylic acids is 12. The monoisotopic (exact) mass is 1900 g/mol. The van der Waals surface area contributed by atoms with E-state index in [0.29, 0.717) is 196 Å². The molecule has 0 amide bonds. The molecule has 0 aliphatic carbocycles. The van der Waals surface area contributed by atoms with Gasteiger partial charge in [0.15, 0.2) is 69.4 Å². The summed E-state index contributed by atoms with van der Waals surface area (Å²) in [5, 5.41) is 0. The van der Waals surface area contributed by atoms with Crippen LogP contribution < -0.4 is 63.1 Å². The van der Waals surface area contributed by atoms with Crippen LogP contribution in [0, 0.1) is 6.92 Å². The Morgan fingerprint density at radius 3 is 0.340 bits per heavy atom. The van der Waals surface area contributed by atoms with Gasteiger partial charge in [0.25, 0.3) is 0 Å². The van der Waals surface area contributed by atoms with Gasteiger partial charge >= 0.3 is 0 Å². The van der Waals surface area contributed by atoms with Gasteiger partial charge < -0.3 is 63.1 Å². The van der Waals surface area contributed by atoms with Crippen molar-refractivity contribution in [2.45, 2.75) is 6.92 Å². The van der Waals surface area contributed by atoms with E-state index in [2.05, 4.69) is 0 Å². The Balaban J connectivity index is 0.000000145. The number of nitrogens with two attached hydrogens (primary N) is 11. The summed E-state index contributed by atoms with van der Waals surface area (Å²) in [7, 11) is 0. The summed E-state index contributed by atoms with van der Waals surface area (Å²) >= 11 is 0. The number of ketones is 12. The molecule has 18 aromatic rings. The normalized spacial score (nSPS) is 10.3. The first-order chi connectivity index (χ1) is 69.3. The molecule has 0 heterocycles. The van der Waals surface area contributed by atoms with E-state index >= 15 is 0 Å². The Labute approximate surface area is 830 Å². The second kappa shape index (κ2) is 47.5. The molecule has 22 N–H and O–H groups in total. The van der Waals surface area contributed by atoms with E-state index in [1.165, 1.54) is 0 Å². The number of hydrogen-bond acceptors (Lipinski definition) is 23. The highest BCUT2D eigenvalue weighted by atomic mass is 16.2. The molecule has 0 radical (unpaired) electrons. The first-order valence-corrected chi connectivity index (χ1v) is 44.9. The average molecular weight is 1900 g/mol. The molecule has 0 atom stereocenters. The molecule has 0 saturated carbocycles. The van der Waals surface area contributed by atoms with Gasteiger partial charge in [-0.3, -0.25) is 57.5 Å². The summed E-state index contributed by atoms with van der Waals surface area (Å²) in [5.41, 5.74) is 82.0. The van der Waals surface area contributed by atoms with E-state index < -0.39 is 0 Å². The molecule has 0 unspecified atom stereocenters. The van der Waals surface area contributed by atoms with Gasteiger partial charge in [-0.2, -0.15) is 0 Å². The number of benzene rings is 18. The van der Waals surface area contributed by atoms with Gasteiger partial charge in [0, 0.05) is 196 Å². The quantitative estimate of drug-likeness (QED) is 0.0198. The molecule has 0 saturated heterocycles. The third-order valence-electron chi connectivity index (χ3n) is 22.5. The number of hydrogen-bond donors (Lipinski definition) is 11. The van der Waals surface area contributed by atoms with Crippen molar-refractivity contribution in [1.29, 1.82) is 0 Å². The number of anilines is 11. The summed E-state index contributed by atoms with van der Waals surface area (Å²) in [4.78, 5) is 150. The van der Waals surface area contributed by atoms with Gasteiger partial charge in [0.05, 0.1) is 0 Å². The van der Waals surface area contributed by atoms with Crippen molar-refractivity contribution < 1.29 is 57.5 Å². The highest BCUT2D eigenvalue weighted by Crippen LogP contribution is 2.27. The van der Waals surface area contributed by atoms with E-state index in [1.807, 2.05) is 31.2 Å². The maximum Gasteiger partial charge on any atom is 0.193 e. The van der Waals surface area contributed by atoms with E-state index in [1.54, 1.807) is 413 Å². The summed E-state index contributed by atoms with van der Waals surface area (Å²) in [6.07, 6.45) is 0. The summed E-state index contributed by atoms with van der Waals surface area (Å²) in [6.45, 7) is 1.98. The SMILES string of the molecule is Cc1ccc(C(=O)c2ccc(C(=O)c3ccc(N)cc3)cc2)cc1.Nc1ccc(C(=O)c2ccc(C(=O)c3cccc(N)c3)cc2)cc1.Nc1ccc(C(=O)c2cccc(C(=O)c3ccc(N)cc3)c2)cc1.Nc1ccc(C(=O)c2cccc(C(=O)c3cccc(N)c3)c2)cc1.Nc1cccc(C(=O)c2ccc(C(=O)c3cccc(N)c3)cc2)c1.Nc1cccc(C(=O)c2cccc(C(=O)c3cccc(N)c3)c2)c1. The molecule has 18 aromatic carbocycles. The molecule has 144 heavy (non-hydrogen) atoms. The van der Waals surface area contributed by atoms with E-state index in [-0.39, 0.29) is 69.4 Å². The summed E-state index contributed by atoms with van der Waals surface area (Å²) < 4.78 is 0. The minimum Gasteiger partial charge on any atom is -0.399 e. The van der Waals surface area contributed by atoms with E-state index in [4.69, 9.17) is 63.1 Å². The minimum atomic E-state index is -0.176. The van der Waals surface area contributed by atoms with Gasteiger partial charge in [0.2, 0.25) is 0 Å². The lowest BCUT2D eigenvalue weighted by Crippen LogP contribution is -2.06. The van der Waals surface area contributed by atoms with Crippen LogP contribution in [-0.2, 0) is 0 Å². The Kier molecular flexibility index (Phi) is 33.4. The Bertz CT molecular complexity index is 7530. The minimum absolute atomic E-state index is 0.0542. The van der Waals surface area contributed by atoms with Crippen LogP contribution in [0.4, 0.5) is 62.6 Å². The molecular weight excluding hydrogens is 1800 g/mol. The highest BCUT2D eigenvalue weighted by Gasteiger charge is 2.22. The maximum atomic E-state index is 12.6. The molecule has 0 aromatic heterocycles. The zero-order chi connectivity index (χ0) is 103. The lowest BCUT2D eigenvalue weighted by atomic mass is 9.97. The van der Waals surface area contributed by atoms with Crippen LogP contribution in [0.25, 0.3) is 0 Å². The lowest BCUT2D eigenvalue weighted by molar-refractivity contribution is 0.102. The van der Waals surface area contributed by atoms with Gasteiger partial charge in [0.1, 0.15) is 0 Å². The molecule has 0 bridgehead atoms. The largest absolute Gasteiger partial charge is 0.399 e. The van der Waals surface area contributed by atoms with Crippen LogP contribution in [-0.4, -0.2) is 69.4 Å². The fourth-order valence-electron chi connectivity index (χ4n) is 14.7. The average Bonchev–Trinajstić information content (AvgIpc) is 0.835. The molecule has 0 aliphatic rings. The van der Waals surface area contributed by atoms with Crippen molar-refractivity contribution >= 4 is 132 Å². The second-order valence-corrected chi connectivity index (χ2v) is 33.2. The van der Waals surface area contributed by atoms with Gasteiger partial charge in [-0.05, 0) is 219 Å². The molecular formula is C121H97N11O12. The summed E-state index contributed by atoms with van der Waals surface area (Å²) in [5.74, 6) is -1.64. The predicted molar refractivity (Wildman–Crippen MR) is 570 cm³/mol. The van der Waals surface area contributed by atoms with Crippen LogP contribution >= 0.6 is 0 Å². The van der Waals surface area contributed by atoms with Gasteiger partial charge in [-0.1, -0.05) is 230 Å². The third-order valence-corrected chi connectivity index (χ3v) is 22.5. The predicted octanol–water partition coefficient (Wildman–Crippen LogP) is 20.6. The van der Waals surface area contributed by atoms with Gasteiger partial charge in [-0.25, -0.2) is 0 Å². The third kappa shape index (κ3) is 27.2. The number of aryl methyl sites for hydroxylation is 1. The topological polar surface area (TPSA) is 491 Å². The number of nitrogen functional groups attached to an aromatic ring is 11. The van der Waals surface area contributed by atoms with Crippen LogP contribution in [0.3, 0.4) is 0 Å². The zero-order valence-electron chi connectivity index (χ0n) is 77.8. The van der Waals surface area contributed by atoms with Crippen molar-refractivity contribution in [2.75, 3.05) is 63.1 Å². The number of rotatable bonds is 24. The Morgan fingerprint density at radius 2 is 0.208 bits per heavy atom. The smallest absolute Gasteiger partial charge is 0.193 e.